The van der Waals surface area contributed by atoms with Gasteiger partial charge in [0.15, 0.2) is 6.29 Å². The van der Waals surface area contributed by atoms with Gasteiger partial charge in [-0.1, -0.05) is 32.1 Å². The molecule has 0 bridgehead atoms. The number of aldehydes is 1. The Morgan fingerprint density at radius 3 is 2.47 bits per heavy atom. The van der Waals surface area contributed by atoms with Crippen LogP contribution in [0.3, 0.4) is 0 Å². The Balaban J connectivity index is 2.03. The van der Waals surface area contributed by atoms with E-state index in [0.29, 0.717) is 5.92 Å². The summed E-state index contributed by atoms with van der Waals surface area (Å²) in [6.07, 6.45) is 11.9. The minimum Gasteiger partial charge on any atom is -0.297 e. The van der Waals surface area contributed by atoms with Crippen LogP contribution in [0, 0.1) is 0 Å². The first-order valence-corrected chi connectivity index (χ1v) is 6.62. The Kier molecular flexibility index (Phi) is 3.89. The van der Waals surface area contributed by atoms with Gasteiger partial charge in [0.25, 0.3) is 0 Å². The molecule has 0 aliphatic heterocycles. The smallest absolute Gasteiger partial charge is 0.161 e. The van der Waals surface area contributed by atoms with Crippen LogP contribution in [0.15, 0.2) is 6.20 Å². The molecule has 1 aliphatic rings. The lowest BCUT2D eigenvalue weighted by atomic mass is 9.92. The molecular weight excluding hydrogens is 206 g/mol. The van der Waals surface area contributed by atoms with Gasteiger partial charge in [0.2, 0.25) is 0 Å². The molecule has 1 aromatic rings. The number of rotatable bonds is 2. The van der Waals surface area contributed by atoms with Gasteiger partial charge in [0.05, 0.1) is 9.88 Å². The Morgan fingerprint density at radius 1 is 1.20 bits per heavy atom. The molecule has 1 heterocycles. The number of nitrogens with zero attached hydrogens (tertiary/aromatic N) is 1. The lowest BCUT2D eigenvalue weighted by Gasteiger charge is -2.16. The molecule has 0 aromatic carbocycles. The minimum atomic E-state index is 0.615. The van der Waals surface area contributed by atoms with E-state index in [1.54, 1.807) is 17.5 Å². The number of carbonyl (C=O) groups excluding carboxylic acids is 1. The standard InChI is InChI=1S/C12H17NOS/c14-9-11-8-13-12(15-11)10-6-4-2-1-3-5-7-10/h8-10H,1-7H2. The predicted molar refractivity (Wildman–Crippen MR) is 62.6 cm³/mol. The molecular formula is C12H17NOS. The molecule has 2 nitrogen and oxygen atoms in total. The predicted octanol–water partition coefficient (Wildman–Crippen LogP) is 3.78. The zero-order chi connectivity index (χ0) is 10.5. The van der Waals surface area contributed by atoms with Gasteiger partial charge in [-0.2, -0.15) is 0 Å². The third-order valence-electron chi connectivity index (χ3n) is 3.11. The van der Waals surface area contributed by atoms with Crippen molar-refractivity contribution in [2.45, 2.75) is 50.9 Å². The van der Waals surface area contributed by atoms with Gasteiger partial charge in [-0.05, 0) is 12.8 Å². The maximum Gasteiger partial charge on any atom is 0.161 e. The van der Waals surface area contributed by atoms with Gasteiger partial charge < -0.3 is 0 Å². The molecule has 0 radical (unpaired) electrons. The fourth-order valence-electron chi connectivity index (χ4n) is 2.25. The molecule has 0 spiro atoms. The molecule has 1 fully saturated rings. The zero-order valence-electron chi connectivity index (χ0n) is 8.95. The molecule has 2 rings (SSSR count). The van der Waals surface area contributed by atoms with E-state index in [4.69, 9.17) is 0 Å². The maximum absolute atomic E-state index is 10.6. The first kappa shape index (κ1) is 10.8. The lowest BCUT2D eigenvalue weighted by Crippen LogP contribution is -2.01. The first-order valence-electron chi connectivity index (χ1n) is 5.81. The summed E-state index contributed by atoms with van der Waals surface area (Å²) in [5.41, 5.74) is 0. The Morgan fingerprint density at radius 2 is 1.87 bits per heavy atom. The summed E-state index contributed by atoms with van der Waals surface area (Å²) in [4.78, 5) is 15.7. The number of aromatic nitrogens is 1. The van der Waals surface area contributed by atoms with E-state index in [1.165, 1.54) is 50.0 Å². The highest BCUT2D eigenvalue weighted by Crippen LogP contribution is 2.32. The van der Waals surface area contributed by atoms with Crippen molar-refractivity contribution in [3.63, 3.8) is 0 Å². The van der Waals surface area contributed by atoms with Crippen LogP contribution in [0.5, 0.6) is 0 Å². The molecule has 0 atom stereocenters. The molecule has 1 aliphatic carbocycles. The van der Waals surface area contributed by atoms with Crippen molar-refractivity contribution in [1.82, 2.24) is 4.98 Å². The fourth-order valence-corrected chi connectivity index (χ4v) is 3.15. The fraction of sp³-hybridized carbons (Fsp3) is 0.667. The molecule has 1 aromatic heterocycles. The Hall–Kier alpha value is -0.700. The SMILES string of the molecule is O=Cc1cnc(C2CCCCCCC2)s1. The highest BCUT2D eigenvalue weighted by Gasteiger charge is 2.16. The van der Waals surface area contributed by atoms with Crippen LogP contribution in [-0.2, 0) is 0 Å². The largest absolute Gasteiger partial charge is 0.297 e. The van der Waals surface area contributed by atoms with Crippen molar-refractivity contribution < 1.29 is 4.79 Å². The van der Waals surface area contributed by atoms with Crippen LogP contribution in [0.2, 0.25) is 0 Å². The quantitative estimate of drug-likeness (QED) is 0.714. The molecule has 0 saturated heterocycles. The molecule has 1 saturated carbocycles. The van der Waals surface area contributed by atoms with E-state index in [9.17, 15) is 4.79 Å². The van der Waals surface area contributed by atoms with Gasteiger partial charge in [-0.15, -0.1) is 11.3 Å². The average Bonchev–Trinajstić information content (AvgIpc) is 2.65. The molecule has 0 amide bonds. The number of thiazole rings is 1. The second-order valence-corrected chi connectivity index (χ2v) is 5.35. The lowest BCUT2D eigenvalue weighted by molar-refractivity contribution is 0.112. The molecule has 3 heteroatoms. The molecule has 0 unspecified atom stereocenters. The Labute approximate surface area is 94.7 Å². The minimum absolute atomic E-state index is 0.615. The number of carbonyl (C=O) groups is 1. The van der Waals surface area contributed by atoms with Crippen LogP contribution < -0.4 is 0 Å². The highest BCUT2D eigenvalue weighted by atomic mass is 32.1. The summed E-state index contributed by atoms with van der Waals surface area (Å²) >= 11 is 1.58. The first-order chi connectivity index (χ1) is 7.40. The van der Waals surface area contributed by atoms with Crippen molar-refractivity contribution in [3.05, 3.63) is 16.1 Å². The van der Waals surface area contributed by atoms with E-state index >= 15 is 0 Å². The van der Waals surface area contributed by atoms with Crippen molar-refractivity contribution >= 4 is 17.6 Å². The summed E-state index contributed by atoms with van der Waals surface area (Å²) in [6.45, 7) is 0. The second kappa shape index (κ2) is 5.40. The van der Waals surface area contributed by atoms with Crippen molar-refractivity contribution in [2.24, 2.45) is 0 Å². The molecule has 82 valence electrons. The van der Waals surface area contributed by atoms with Crippen LogP contribution in [0.1, 0.15) is 65.5 Å². The third-order valence-corrected chi connectivity index (χ3v) is 4.20. The van der Waals surface area contributed by atoms with Gasteiger partial charge >= 0.3 is 0 Å². The summed E-state index contributed by atoms with van der Waals surface area (Å²) in [6, 6.07) is 0. The van der Waals surface area contributed by atoms with Gasteiger partial charge in [0.1, 0.15) is 0 Å². The van der Waals surface area contributed by atoms with E-state index in [1.807, 2.05) is 0 Å². The normalized spacial score (nSPS) is 19.5. The highest BCUT2D eigenvalue weighted by molar-refractivity contribution is 7.13. The van der Waals surface area contributed by atoms with Crippen molar-refractivity contribution in [1.29, 1.82) is 0 Å². The summed E-state index contributed by atoms with van der Waals surface area (Å²) in [5, 5.41) is 1.18. The second-order valence-electron chi connectivity index (χ2n) is 4.26. The van der Waals surface area contributed by atoms with E-state index in [0.717, 1.165) is 11.2 Å². The maximum atomic E-state index is 10.6. The van der Waals surface area contributed by atoms with Crippen LogP contribution in [0.25, 0.3) is 0 Å². The summed E-state index contributed by atoms with van der Waals surface area (Å²) < 4.78 is 0. The van der Waals surface area contributed by atoms with Gasteiger partial charge in [0, 0.05) is 12.1 Å². The zero-order valence-corrected chi connectivity index (χ0v) is 9.76. The van der Waals surface area contributed by atoms with E-state index < -0.39 is 0 Å². The average molecular weight is 223 g/mol. The van der Waals surface area contributed by atoms with Crippen LogP contribution in [-0.4, -0.2) is 11.3 Å². The monoisotopic (exact) mass is 223 g/mol. The van der Waals surface area contributed by atoms with Gasteiger partial charge in [-0.25, -0.2) is 4.98 Å². The summed E-state index contributed by atoms with van der Waals surface area (Å²) in [5.74, 6) is 0.615. The van der Waals surface area contributed by atoms with Gasteiger partial charge in [-0.3, -0.25) is 4.79 Å². The molecule has 0 N–H and O–H groups in total. The third kappa shape index (κ3) is 2.88. The van der Waals surface area contributed by atoms with Crippen molar-refractivity contribution in [3.8, 4) is 0 Å². The Bertz CT molecular complexity index is 313. The van der Waals surface area contributed by atoms with Crippen LogP contribution >= 0.6 is 11.3 Å². The van der Waals surface area contributed by atoms with E-state index in [-0.39, 0.29) is 0 Å². The molecule has 15 heavy (non-hydrogen) atoms. The summed E-state index contributed by atoms with van der Waals surface area (Å²) in [7, 11) is 0. The topological polar surface area (TPSA) is 30.0 Å². The van der Waals surface area contributed by atoms with E-state index in [2.05, 4.69) is 4.98 Å². The van der Waals surface area contributed by atoms with Crippen molar-refractivity contribution in [2.75, 3.05) is 0 Å². The number of hydrogen-bond acceptors (Lipinski definition) is 3. The number of hydrogen-bond donors (Lipinski definition) is 0. The van der Waals surface area contributed by atoms with Crippen LogP contribution in [0.4, 0.5) is 0 Å².